The Labute approximate surface area is 124 Å². The number of carboxylic acids is 2. The van der Waals surface area contributed by atoms with E-state index in [4.69, 9.17) is 10.2 Å². The second-order valence-electron chi connectivity index (χ2n) is 6.48. The Bertz CT molecular complexity index is 617. The lowest BCUT2D eigenvalue weighted by Gasteiger charge is -2.23. The molecule has 2 N–H and O–H groups in total. The van der Waals surface area contributed by atoms with Crippen LogP contribution in [0.5, 0.6) is 0 Å². The molecule has 0 fully saturated rings. The molecule has 0 saturated carbocycles. The van der Waals surface area contributed by atoms with Gasteiger partial charge in [0.2, 0.25) is 0 Å². The van der Waals surface area contributed by atoms with Gasteiger partial charge in [0, 0.05) is 0 Å². The maximum atomic E-state index is 11.1. The zero-order valence-electron chi connectivity index (χ0n) is 12.6. The van der Waals surface area contributed by atoms with Gasteiger partial charge in [0.25, 0.3) is 0 Å². The average molecular weight is 288 g/mol. The molecule has 0 unspecified atom stereocenters. The highest BCUT2D eigenvalue weighted by molar-refractivity contribution is 6.16. The SMILES string of the molecule is CC(C)(C)c1cc2c(cc1C=C(C(=O)O)C(=O)O)CCC2. The summed E-state index contributed by atoms with van der Waals surface area (Å²) in [5.41, 5.74) is 3.41. The van der Waals surface area contributed by atoms with Crippen LogP contribution in [0.25, 0.3) is 6.08 Å². The first-order chi connectivity index (χ1) is 9.70. The summed E-state index contributed by atoms with van der Waals surface area (Å²) in [6.45, 7) is 6.13. The lowest BCUT2D eigenvalue weighted by Crippen LogP contribution is -2.16. The van der Waals surface area contributed by atoms with Crippen molar-refractivity contribution in [2.45, 2.75) is 45.4 Å². The van der Waals surface area contributed by atoms with Crippen molar-refractivity contribution in [1.29, 1.82) is 0 Å². The summed E-state index contributed by atoms with van der Waals surface area (Å²) >= 11 is 0. The van der Waals surface area contributed by atoms with Crippen LogP contribution in [0.1, 0.15) is 49.4 Å². The minimum atomic E-state index is -1.41. The highest BCUT2D eigenvalue weighted by Crippen LogP contribution is 2.33. The number of carboxylic acid groups (broad SMARTS) is 2. The van der Waals surface area contributed by atoms with E-state index in [0.717, 1.165) is 24.8 Å². The molecule has 1 aromatic carbocycles. The van der Waals surface area contributed by atoms with Crippen LogP contribution >= 0.6 is 0 Å². The Morgan fingerprint density at radius 1 is 1.05 bits per heavy atom. The molecule has 0 bridgehead atoms. The molecule has 0 radical (unpaired) electrons. The van der Waals surface area contributed by atoms with Crippen molar-refractivity contribution in [1.82, 2.24) is 0 Å². The van der Waals surface area contributed by atoms with Gasteiger partial charge < -0.3 is 10.2 Å². The maximum absolute atomic E-state index is 11.1. The first-order valence-corrected chi connectivity index (χ1v) is 7.04. The van der Waals surface area contributed by atoms with Crippen LogP contribution in [0.15, 0.2) is 17.7 Å². The van der Waals surface area contributed by atoms with Crippen molar-refractivity contribution in [2.24, 2.45) is 0 Å². The van der Waals surface area contributed by atoms with Crippen LogP contribution in [0.3, 0.4) is 0 Å². The number of fused-ring (bicyclic) bond motifs is 1. The summed E-state index contributed by atoms with van der Waals surface area (Å²) in [6.07, 6.45) is 4.38. The molecule has 1 aliphatic rings. The van der Waals surface area contributed by atoms with Crippen LogP contribution in [-0.2, 0) is 27.8 Å². The topological polar surface area (TPSA) is 74.6 Å². The van der Waals surface area contributed by atoms with Gasteiger partial charge in [0.15, 0.2) is 0 Å². The second-order valence-corrected chi connectivity index (χ2v) is 6.48. The Morgan fingerprint density at radius 2 is 1.57 bits per heavy atom. The minimum Gasteiger partial charge on any atom is -0.477 e. The van der Waals surface area contributed by atoms with Crippen LogP contribution in [0.2, 0.25) is 0 Å². The number of carbonyl (C=O) groups is 2. The molecule has 2 rings (SSSR count). The Kier molecular flexibility index (Phi) is 3.90. The largest absolute Gasteiger partial charge is 0.477 e. The fourth-order valence-electron chi connectivity index (χ4n) is 2.78. The molecule has 0 aromatic heterocycles. The molecule has 1 aliphatic carbocycles. The molecule has 4 nitrogen and oxygen atoms in total. The lowest BCUT2D eigenvalue weighted by atomic mass is 9.81. The molecule has 0 atom stereocenters. The third-order valence-electron chi connectivity index (χ3n) is 3.83. The van der Waals surface area contributed by atoms with E-state index in [2.05, 4.69) is 6.07 Å². The third kappa shape index (κ3) is 3.15. The Hall–Kier alpha value is -2.10. The molecule has 1 aromatic rings. The minimum absolute atomic E-state index is 0.175. The Balaban J connectivity index is 2.64. The van der Waals surface area contributed by atoms with Gasteiger partial charge >= 0.3 is 11.9 Å². The molecule has 21 heavy (non-hydrogen) atoms. The van der Waals surface area contributed by atoms with Gasteiger partial charge in [-0.25, -0.2) is 9.59 Å². The first kappa shape index (κ1) is 15.3. The van der Waals surface area contributed by atoms with E-state index < -0.39 is 17.5 Å². The van der Waals surface area contributed by atoms with Crippen molar-refractivity contribution in [3.8, 4) is 0 Å². The van der Waals surface area contributed by atoms with E-state index in [-0.39, 0.29) is 5.41 Å². The van der Waals surface area contributed by atoms with Crippen molar-refractivity contribution >= 4 is 18.0 Å². The predicted molar refractivity (Wildman–Crippen MR) is 80.4 cm³/mol. The smallest absolute Gasteiger partial charge is 0.343 e. The van der Waals surface area contributed by atoms with Crippen molar-refractivity contribution in [3.63, 3.8) is 0 Å². The fourth-order valence-corrected chi connectivity index (χ4v) is 2.78. The Morgan fingerprint density at radius 3 is 2.05 bits per heavy atom. The van der Waals surface area contributed by atoms with Crippen LogP contribution in [0, 0.1) is 0 Å². The van der Waals surface area contributed by atoms with Gasteiger partial charge in [-0.15, -0.1) is 0 Å². The molecule has 0 spiro atoms. The molecule has 0 amide bonds. The van der Waals surface area contributed by atoms with Gasteiger partial charge in [0.1, 0.15) is 5.57 Å². The maximum Gasteiger partial charge on any atom is 0.343 e. The highest BCUT2D eigenvalue weighted by atomic mass is 16.4. The van der Waals surface area contributed by atoms with Gasteiger partial charge in [-0.05, 0) is 53.0 Å². The molecule has 4 heteroatoms. The third-order valence-corrected chi connectivity index (χ3v) is 3.83. The molecular weight excluding hydrogens is 268 g/mol. The van der Waals surface area contributed by atoms with Crippen molar-refractivity contribution in [3.05, 3.63) is 40.0 Å². The van der Waals surface area contributed by atoms with Gasteiger partial charge in [-0.3, -0.25) is 0 Å². The summed E-state index contributed by atoms with van der Waals surface area (Å²) in [6, 6.07) is 4.06. The van der Waals surface area contributed by atoms with Crippen molar-refractivity contribution < 1.29 is 19.8 Å². The van der Waals surface area contributed by atoms with Crippen LogP contribution in [0.4, 0.5) is 0 Å². The monoisotopic (exact) mass is 288 g/mol. The van der Waals surface area contributed by atoms with E-state index >= 15 is 0 Å². The number of aliphatic carboxylic acids is 2. The average Bonchev–Trinajstić information content (AvgIpc) is 2.79. The number of aryl methyl sites for hydroxylation is 2. The van der Waals surface area contributed by atoms with Crippen molar-refractivity contribution in [2.75, 3.05) is 0 Å². The fraction of sp³-hybridized carbons (Fsp3) is 0.412. The van der Waals surface area contributed by atoms with E-state index in [1.54, 1.807) is 0 Å². The molecule has 0 saturated heterocycles. The molecule has 0 aliphatic heterocycles. The van der Waals surface area contributed by atoms with Gasteiger partial charge in [-0.2, -0.15) is 0 Å². The summed E-state index contributed by atoms with van der Waals surface area (Å²) < 4.78 is 0. The normalized spacial score (nSPS) is 13.7. The van der Waals surface area contributed by atoms with E-state index in [0.29, 0.717) is 5.56 Å². The van der Waals surface area contributed by atoms with Crippen LogP contribution in [-0.4, -0.2) is 22.2 Å². The number of hydrogen-bond donors (Lipinski definition) is 2. The summed E-state index contributed by atoms with van der Waals surface area (Å²) in [4.78, 5) is 22.2. The summed E-state index contributed by atoms with van der Waals surface area (Å²) in [5, 5.41) is 18.1. The zero-order valence-corrected chi connectivity index (χ0v) is 12.6. The quantitative estimate of drug-likeness (QED) is 0.509. The predicted octanol–water partition coefficient (Wildman–Crippen LogP) is 3.03. The van der Waals surface area contributed by atoms with E-state index in [9.17, 15) is 9.59 Å². The standard InChI is InChI=1S/C17H20O4/c1-17(2,3)14-9-11-6-4-5-10(11)7-12(14)8-13(15(18)19)16(20)21/h7-9H,4-6H2,1-3H3,(H,18,19)(H,20,21). The summed E-state index contributed by atoms with van der Waals surface area (Å²) in [5.74, 6) is -2.83. The second kappa shape index (κ2) is 5.35. The summed E-state index contributed by atoms with van der Waals surface area (Å²) in [7, 11) is 0. The number of benzene rings is 1. The highest BCUT2D eigenvalue weighted by Gasteiger charge is 2.24. The zero-order chi connectivity index (χ0) is 15.8. The van der Waals surface area contributed by atoms with Gasteiger partial charge in [0.05, 0.1) is 0 Å². The number of rotatable bonds is 3. The molecule has 0 heterocycles. The number of hydrogen-bond acceptors (Lipinski definition) is 2. The van der Waals surface area contributed by atoms with Crippen LogP contribution < -0.4 is 0 Å². The van der Waals surface area contributed by atoms with Gasteiger partial charge in [-0.1, -0.05) is 32.9 Å². The van der Waals surface area contributed by atoms with E-state index in [1.807, 2.05) is 26.8 Å². The van der Waals surface area contributed by atoms with E-state index in [1.165, 1.54) is 17.2 Å². The first-order valence-electron chi connectivity index (χ1n) is 7.04. The lowest BCUT2D eigenvalue weighted by molar-refractivity contribution is -0.140. The molecular formula is C17H20O4. The molecule has 112 valence electrons.